The van der Waals surface area contributed by atoms with E-state index in [4.69, 9.17) is 10.6 Å². The van der Waals surface area contributed by atoms with Crippen LogP contribution in [0.3, 0.4) is 0 Å². The highest BCUT2D eigenvalue weighted by atomic mass is 16.5. The van der Waals surface area contributed by atoms with Crippen LogP contribution in [0, 0.1) is 17.8 Å². The summed E-state index contributed by atoms with van der Waals surface area (Å²) in [5, 5.41) is 6.42. The van der Waals surface area contributed by atoms with Gasteiger partial charge in [-0.15, -0.1) is 0 Å². The molecule has 1 saturated heterocycles. The molecule has 3 N–H and O–H groups in total. The maximum absolute atomic E-state index is 12.7. The maximum Gasteiger partial charge on any atom is 0.328 e. The van der Waals surface area contributed by atoms with Crippen LogP contribution in [0.1, 0.15) is 36.0 Å². The second-order valence-corrected chi connectivity index (χ2v) is 8.13. The van der Waals surface area contributed by atoms with Crippen molar-refractivity contribution in [3.05, 3.63) is 71.3 Å². The summed E-state index contributed by atoms with van der Waals surface area (Å²) in [6.07, 6.45) is 4.23. The first-order valence-electron chi connectivity index (χ1n) is 11.1. The zero-order valence-corrected chi connectivity index (χ0v) is 18.9. The van der Waals surface area contributed by atoms with Gasteiger partial charge in [0.2, 0.25) is 5.91 Å². The Labute approximate surface area is 195 Å². The minimum Gasteiger partial charge on any atom is -0.467 e. The molecular formula is C26H30N4O3. The molecule has 0 bridgehead atoms. The van der Waals surface area contributed by atoms with Crippen LogP contribution < -0.4 is 11.2 Å². The van der Waals surface area contributed by atoms with Crippen molar-refractivity contribution in [2.24, 2.45) is 16.9 Å². The SMILES string of the molecule is COC(=O)[C@H](Cc1ccc(C#Cc2ccccc2)cc1)NC(=O)C[C@H]1CCCN(C=NN)C1. The molecule has 7 heteroatoms. The highest BCUT2D eigenvalue weighted by Gasteiger charge is 2.25. The van der Waals surface area contributed by atoms with E-state index >= 15 is 0 Å². The number of nitrogens with two attached hydrogens (primary N) is 1. The van der Waals surface area contributed by atoms with Crippen LogP contribution >= 0.6 is 0 Å². The lowest BCUT2D eigenvalue weighted by Gasteiger charge is -2.31. The molecule has 3 rings (SSSR count). The largest absolute Gasteiger partial charge is 0.467 e. The van der Waals surface area contributed by atoms with Crippen LogP contribution in [-0.2, 0) is 20.7 Å². The van der Waals surface area contributed by atoms with Crippen molar-refractivity contribution in [2.75, 3.05) is 20.2 Å². The molecule has 1 amide bonds. The molecule has 0 aromatic heterocycles. The van der Waals surface area contributed by atoms with Crippen molar-refractivity contribution in [1.29, 1.82) is 0 Å². The number of hydrazone groups is 1. The van der Waals surface area contributed by atoms with E-state index in [1.165, 1.54) is 7.11 Å². The number of hydrogen-bond acceptors (Lipinski definition) is 5. The molecule has 0 unspecified atom stereocenters. The lowest BCUT2D eigenvalue weighted by atomic mass is 9.94. The van der Waals surface area contributed by atoms with Crippen molar-refractivity contribution in [1.82, 2.24) is 10.2 Å². The Morgan fingerprint density at radius 2 is 1.88 bits per heavy atom. The van der Waals surface area contributed by atoms with Gasteiger partial charge < -0.3 is 20.8 Å². The molecule has 2 atom stereocenters. The van der Waals surface area contributed by atoms with E-state index in [1.807, 2.05) is 59.5 Å². The summed E-state index contributed by atoms with van der Waals surface area (Å²) in [4.78, 5) is 27.0. The van der Waals surface area contributed by atoms with E-state index in [0.29, 0.717) is 12.8 Å². The number of carbonyl (C=O) groups excluding carboxylic acids is 2. The fourth-order valence-electron chi connectivity index (χ4n) is 3.94. The summed E-state index contributed by atoms with van der Waals surface area (Å²) in [6.45, 7) is 1.61. The van der Waals surface area contributed by atoms with Crippen LogP contribution in [-0.4, -0.2) is 49.4 Å². The summed E-state index contributed by atoms with van der Waals surface area (Å²) >= 11 is 0. The molecule has 1 aliphatic rings. The van der Waals surface area contributed by atoms with Gasteiger partial charge in [-0.3, -0.25) is 4.79 Å². The average molecular weight is 447 g/mol. The number of benzene rings is 2. The molecule has 2 aromatic carbocycles. The van der Waals surface area contributed by atoms with Gasteiger partial charge in [-0.2, -0.15) is 5.10 Å². The maximum atomic E-state index is 12.7. The van der Waals surface area contributed by atoms with Crippen LogP contribution in [0.15, 0.2) is 59.7 Å². The second kappa shape index (κ2) is 12.3. The van der Waals surface area contributed by atoms with Gasteiger partial charge in [-0.1, -0.05) is 42.2 Å². The van der Waals surface area contributed by atoms with Gasteiger partial charge in [-0.05, 0) is 48.6 Å². The molecule has 172 valence electrons. The summed E-state index contributed by atoms with van der Waals surface area (Å²) in [7, 11) is 1.33. The molecule has 7 nitrogen and oxygen atoms in total. The third-order valence-corrected chi connectivity index (χ3v) is 5.59. The third kappa shape index (κ3) is 7.69. The first-order chi connectivity index (χ1) is 16.1. The minimum absolute atomic E-state index is 0.160. The third-order valence-electron chi connectivity index (χ3n) is 5.59. The number of piperidine rings is 1. The summed E-state index contributed by atoms with van der Waals surface area (Å²) in [6, 6.07) is 16.7. The number of amides is 1. The summed E-state index contributed by atoms with van der Waals surface area (Å²) in [5.41, 5.74) is 2.74. The van der Waals surface area contributed by atoms with E-state index in [0.717, 1.165) is 42.6 Å². The Balaban J connectivity index is 1.58. The lowest BCUT2D eigenvalue weighted by molar-refractivity contribution is -0.145. The van der Waals surface area contributed by atoms with E-state index in [-0.39, 0.29) is 11.8 Å². The van der Waals surface area contributed by atoms with E-state index in [9.17, 15) is 9.59 Å². The number of nitrogens with zero attached hydrogens (tertiary/aromatic N) is 2. The fourth-order valence-corrected chi connectivity index (χ4v) is 3.94. The van der Waals surface area contributed by atoms with Crippen LogP contribution in [0.2, 0.25) is 0 Å². The topological polar surface area (TPSA) is 97.0 Å². The number of hydrogen-bond donors (Lipinski definition) is 2. The van der Waals surface area contributed by atoms with Crippen LogP contribution in [0.5, 0.6) is 0 Å². The zero-order chi connectivity index (χ0) is 23.5. The number of likely N-dealkylation sites (tertiary alicyclic amines) is 1. The van der Waals surface area contributed by atoms with Gasteiger partial charge in [-0.25, -0.2) is 4.79 Å². The Morgan fingerprint density at radius 3 is 2.55 bits per heavy atom. The summed E-state index contributed by atoms with van der Waals surface area (Å²) in [5.74, 6) is 11.1. The molecule has 1 fully saturated rings. The highest BCUT2D eigenvalue weighted by molar-refractivity contribution is 5.84. The van der Waals surface area contributed by atoms with Crippen molar-refractivity contribution in [3.8, 4) is 11.8 Å². The molecular weight excluding hydrogens is 416 g/mol. The first-order valence-corrected chi connectivity index (χ1v) is 11.1. The molecule has 0 saturated carbocycles. The molecule has 0 spiro atoms. The molecule has 0 aliphatic carbocycles. The zero-order valence-electron chi connectivity index (χ0n) is 18.9. The van der Waals surface area contributed by atoms with Gasteiger partial charge in [0.05, 0.1) is 7.11 Å². The van der Waals surface area contributed by atoms with Crippen molar-refractivity contribution < 1.29 is 14.3 Å². The normalized spacial score (nSPS) is 16.5. The molecule has 1 heterocycles. The van der Waals surface area contributed by atoms with E-state index in [2.05, 4.69) is 22.3 Å². The molecule has 2 aromatic rings. The van der Waals surface area contributed by atoms with Gasteiger partial charge in [0.15, 0.2) is 0 Å². The number of nitrogens with one attached hydrogen (secondary N) is 1. The summed E-state index contributed by atoms with van der Waals surface area (Å²) < 4.78 is 4.92. The molecule has 0 radical (unpaired) electrons. The smallest absolute Gasteiger partial charge is 0.328 e. The number of rotatable bonds is 7. The molecule has 1 aliphatic heterocycles. The number of carbonyl (C=O) groups is 2. The van der Waals surface area contributed by atoms with E-state index in [1.54, 1.807) is 6.34 Å². The number of esters is 1. The number of ether oxygens (including phenoxy) is 1. The van der Waals surface area contributed by atoms with E-state index < -0.39 is 12.0 Å². The molecule has 33 heavy (non-hydrogen) atoms. The highest BCUT2D eigenvalue weighted by Crippen LogP contribution is 2.19. The van der Waals surface area contributed by atoms with Crippen LogP contribution in [0.25, 0.3) is 0 Å². The monoisotopic (exact) mass is 446 g/mol. The fraction of sp³-hybridized carbons (Fsp3) is 0.346. The predicted molar refractivity (Wildman–Crippen MR) is 128 cm³/mol. The Kier molecular flexibility index (Phi) is 8.89. The minimum atomic E-state index is -0.742. The van der Waals surface area contributed by atoms with Gasteiger partial charge in [0, 0.05) is 37.1 Å². The quantitative estimate of drug-likeness (QED) is 0.170. The average Bonchev–Trinajstić information content (AvgIpc) is 2.83. The van der Waals surface area contributed by atoms with Crippen molar-refractivity contribution >= 4 is 18.2 Å². The van der Waals surface area contributed by atoms with Crippen molar-refractivity contribution in [3.63, 3.8) is 0 Å². The van der Waals surface area contributed by atoms with Gasteiger partial charge in [0.1, 0.15) is 12.4 Å². The van der Waals surface area contributed by atoms with Crippen LogP contribution in [0.4, 0.5) is 0 Å². The Hall–Kier alpha value is -3.79. The van der Waals surface area contributed by atoms with Gasteiger partial charge >= 0.3 is 5.97 Å². The number of methoxy groups -OCH3 is 1. The predicted octanol–water partition coefficient (Wildman–Crippen LogP) is 2.29. The second-order valence-electron chi connectivity index (χ2n) is 8.13. The lowest BCUT2D eigenvalue weighted by Crippen LogP contribution is -2.44. The first kappa shape index (κ1) is 23.9. The van der Waals surface area contributed by atoms with Crippen molar-refractivity contribution in [2.45, 2.75) is 31.7 Å². The standard InChI is InChI=1S/C26H30N4O3/c1-33-26(32)24(29-25(31)17-23-8-5-15-30(18-23)19-28-27)16-22-13-11-21(12-14-22)10-9-20-6-3-2-4-7-20/h2-4,6-7,11-14,19,23-24H,5,8,15-18,27H2,1H3,(H,29,31)/t23-,24+/m1/s1. The Bertz CT molecular complexity index is 1010. The Morgan fingerprint density at radius 1 is 1.18 bits per heavy atom. The van der Waals surface area contributed by atoms with Gasteiger partial charge in [0.25, 0.3) is 0 Å².